The van der Waals surface area contributed by atoms with E-state index in [2.05, 4.69) is 41.5 Å². The van der Waals surface area contributed by atoms with Gasteiger partial charge in [-0.1, -0.05) is 18.2 Å². The largest absolute Gasteiger partial charge is 0.316 e. The SMILES string of the molecule is CNCc1ccc(C)c(-c2cccnc2)c1. The lowest BCUT2D eigenvalue weighted by atomic mass is 9.99. The maximum atomic E-state index is 4.16. The fourth-order valence-corrected chi connectivity index (χ4v) is 1.82. The van der Waals surface area contributed by atoms with Gasteiger partial charge in [-0.05, 0) is 42.8 Å². The number of pyridine rings is 1. The van der Waals surface area contributed by atoms with E-state index in [1.54, 1.807) is 6.20 Å². The van der Waals surface area contributed by atoms with E-state index in [9.17, 15) is 0 Å². The molecule has 1 aromatic carbocycles. The van der Waals surface area contributed by atoms with Crippen molar-refractivity contribution in [3.8, 4) is 11.1 Å². The number of hydrogen-bond donors (Lipinski definition) is 1. The summed E-state index contributed by atoms with van der Waals surface area (Å²) in [5.41, 5.74) is 5.03. The summed E-state index contributed by atoms with van der Waals surface area (Å²) >= 11 is 0. The molecule has 0 aliphatic heterocycles. The monoisotopic (exact) mass is 212 g/mol. The molecule has 2 nitrogen and oxygen atoms in total. The van der Waals surface area contributed by atoms with Gasteiger partial charge in [-0.3, -0.25) is 4.98 Å². The fraction of sp³-hybridized carbons (Fsp3) is 0.214. The van der Waals surface area contributed by atoms with Crippen LogP contribution < -0.4 is 5.32 Å². The van der Waals surface area contributed by atoms with Crippen LogP contribution in [0, 0.1) is 6.92 Å². The van der Waals surface area contributed by atoms with Crippen LogP contribution in [-0.4, -0.2) is 12.0 Å². The van der Waals surface area contributed by atoms with Gasteiger partial charge in [0.2, 0.25) is 0 Å². The third kappa shape index (κ3) is 2.28. The molecule has 0 fully saturated rings. The zero-order valence-corrected chi connectivity index (χ0v) is 9.70. The summed E-state index contributed by atoms with van der Waals surface area (Å²) < 4.78 is 0. The lowest BCUT2D eigenvalue weighted by Crippen LogP contribution is -2.05. The molecule has 2 heteroatoms. The van der Waals surface area contributed by atoms with Crippen LogP contribution in [0.5, 0.6) is 0 Å². The zero-order valence-electron chi connectivity index (χ0n) is 9.70. The predicted molar refractivity (Wildman–Crippen MR) is 67.2 cm³/mol. The molecule has 0 spiro atoms. The van der Waals surface area contributed by atoms with E-state index in [1.165, 1.54) is 22.3 Å². The molecule has 1 heterocycles. The molecule has 0 amide bonds. The van der Waals surface area contributed by atoms with Gasteiger partial charge in [-0.15, -0.1) is 0 Å². The fourth-order valence-electron chi connectivity index (χ4n) is 1.82. The second kappa shape index (κ2) is 4.90. The van der Waals surface area contributed by atoms with Gasteiger partial charge in [-0.2, -0.15) is 0 Å². The number of hydrogen-bond acceptors (Lipinski definition) is 2. The van der Waals surface area contributed by atoms with Crippen molar-refractivity contribution < 1.29 is 0 Å². The van der Waals surface area contributed by atoms with Gasteiger partial charge in [0.1, 0.15) is 0 Å². The molecule has 82 valence electrons. The van der Waals surface area contributed by atoms with Crippen LogP contribution in [0.3, 0.4) is 0 Å². The molecule has 0 saturated heterocycles. The third-order valence-corrected chi connectivity index (χ3v) is 2.66. The Hall–Kier alpha value is -1.67. The molecule has 0 radical (unpaired) electrons. The zero-order chi connectivity index (χ0) is 11.4. The minimum Gasteiger partial charge on any atom is -0.316 e. The smallest absolute Gasteiger partial charge is 0.0346 e. The molecule has 2 rings (SSSR count). The minimum atomic E-state index is 0.896. The highest BCUT2D eigenvalue weighted by atomic mass is 14.8. The Kier molecular flexibility index (Phi) is 3.32. The molecule has 0 aliphatic rings. The Labute approximate surface area is 96.4 Å². The van der Waals surface area contributed by atoms with Crippen LogP contribution in [0.15, 0.2) is 42.7 Å². The van der Waals surface area contributed by atoms with E-state index in [1.807, 2.05) is 19.3 Å². The molecule has 16 heavy (non-hydrogen) atoms. The van der Waals surface area contributed by atoms with Crippen LogP contribution in [-0.2, 0) is 6.54 Å². The summed E-state index contributed by atoms with van der Waals surface area (Å²) in [5, 5.41) is 3.17. The Morgan fingerprint density at radius 1 is 1.25 bits per heavy atom. The Morgan fingerprint density at radius 3 is 2.81 bits per heavy atom. The van der Waals surface area contributed by atoms with Crippen LogP contribution in [0.4, 0.5) is 0 Å². The first-order chi connectivity index (χ1) is 7.81. The van der Waals surface area contributed by atoms with Crippen molar-refractivity contribution >= 4 is 0 Å². The Balaban J connectivity index is 2.43. The molecule has 0 aliphatic carbocycles. The molecule has 0 atom stereocenters. The molecule has 0 saturated carbocycles. The first-order valence-corrected chi connectivity index (χ1v) is 5.46. The lowest BCUT2D eigenvalue weighted by molar-refractivity contribution is 0.818. The lowest BCUT2D eigenvalue weighted by Gasteiger charge is -2.08. The van der Waals surface area contributed by atoms with Crippen molar-refractivity contribution in [3.63, 3.8) is 0 Å². The first kappa shape index (κ1) is 10.8. The van der Waals surface area contributed by atoms with Crippen molar-refractivity contribution in [3.05, 3.63) is 53.9 Å². The quantitative estimate of drug-likeness (QED) is 0.846. The van der Waals surface area contributed by atoms with Gasteiger partial charge in [0.15, 0.2) is 0 Å². The average molecular weight is 212 g/mol. The van der Waals surface area contributed by atoms with Crippen molar-refractivity contribution in [1.82, 2.24) is 10.3 Å². The highest BCUT2D eigenvalue weighted by molar-refractivity contribution is 5.66. The highest BCUT2D eigenvalue weighted by Gasteiger charge is 2.02. The van der Waals surface area contributed by atoms with Crippen molar-refractivity contribution in [2.45, 2.75) is 13.5 Å². The molecular formula is C14H16N2. The van der Waals surface area contributed by atoms with Gasteiger partial charge in [-0.25, -0.2) is 0 Å². The van der Waals surface area contributed by atoms with Crippen molar-refractivity contribution in [1.29, 1.82) is 0 Å². The third-order valence-electron chi connectivity index (χ3n) is 2.66. The molecular weight excluding hydrogens is 196 g/mol. The van der Waals surface area contributed by atoms with Gasteiger partial charge < -0.3 is 5.32 Å². The van der Waals surface area contributed by atoms with Crippen LogP contribution in [0.2, 0.25) is 0 Å². The minimum absolute atomic E-state index is 0.896. The van der Waals surface area contributed by atoms with E-state index < -0.39 is 0 Å². The maximum absolute atomic E-state index is 4.16. The molecule has 1 N–H and O–H groups in total. The highest BCUT2D eigenvalue weighted by Crippen LogP contribution is 2.23. The predicted octanol–water partition coefficient (Wildman–Crippen LogP) is 2.78. The number of rotatable bonds is 3. The summed E-state index contributed by atoms with van der Waals surface area (Å²) in [6.45, 7) is 3.03. The van der Waals surface area contributed by atoms with Crippen LogP contribution >= 0.6 is 0 Å². The summed E-state index contributed by atoms with van der Waals surface area (Å²) in [4.78, 5) is 4.16. The van der Waals surface area contributed by atoms with Crippen molar-refractivity contribution in [2.75, 3.05) is 7.05 Å². The summed E-state index contributed by atoms with van der Waals surface area (Å²) in [6, 6.07) is 10.6. The van der Waals surface area contributed by atoms with Gasteiger partial charge in [0, 0.05) is 24.5 Å². The Bertz CT molecular complexity index is 463. The van der Waals surface area contributed by atoms with E-state index in [4.69, 9.17) is 0 Å². The number of benzene rings is 1. The van der Waals surface area contributed by atoms with E-state index >= 15 is 0 Å². The molecule has 2 aromatic rings. The second-order valence-electron chi connectivity index (χ2n) is 3.92. The van der Waals surface area contributed by atoms with E-state index in [0.717, 1.165) is 6.54 Å². The molecule has 0 bridgehead atoms. The van der Waals surface area contributed by atoms with Crippen LogP contribution in [0.1, 0.15) is 11.1 Å². The summed E-state index contributed by atoms with van der Waals surface area (Å²) in [5.74, 6) is 0. The summed E-state index contributed by atoms with van der Waals surface area (Å²) in [6.07, 6.45) is 3.71. The number of nitrogens with one attached hydrogen (secondary N) is 1. The van der Waals surface area contributed by atoms with Gasteiger partial charge in [0.25, 0.3) is 0 Å². The molecule has 1 aromatic heterocycles. The van der Waals surface area contributed by atoms with E-state index in [0.29, 0.717) is 0 Å². The standard InChI is InChI=1S/C14H16N2/c1-11-5-6-12(9-15-2)8-14(11)13-4-3-7-16-10-13/h3-8,10,15H,9H2,1-2H3. The van der Waals surface area contributed by atoms with Crippen molar-refractivity contribution in [2.24, 2.45) is 0 Å². The number of nitrogens with zero attached hydrogens (tertiary/aromatic N) is 1. The molecule has 0 unspecified atom stereocenters. The average Bonchev–Trinajstić information content (AvgIpc) is 2.33. The number of aromatic nitrogens is 1. The second-order valence-corrected chi connectivity index (χ2v) is 3.92. The van der Waals surface area contributed by atoms with Crippen LogP contribution in [0.25, 0.3) is 11.1 Å². The van der Waals surface area contributed by atoms with Gasteiger partial charge >= 0.3 is 0 Å². The normalized spacial score (nSPS) is 10.4. The first-order valence-electron chi connectivity index (χ1n) is 5.46. The summed E-state index contributed by atoms with van der Waals surface area (Å²) in [7, 11) is 1.96. The van der Waals surface area contributed by atoms with E-state index in [-0.39, 0.29) is 0 Å². The number of aryl methyl sites for hydroxylation is 1. The topological polar surface area (TPSA) is 24.9 Å². The maximum Gasteiger partial charge on any atom is 0.0346 e. The van der Waals surface area contributed by atoms with Gasteiger partial charge in [0.05, 0.1) is 0 Å². The Morgan fingerprint density at radius 2 is 2.12 bits per heavy atom.